The fraction of sp³-hybridized carbons (Fsp3) is 0.714. The minimum atomic E-state index is -3.45. The molecular weight excluding hydrogens is 216 g/mol. The zero-order valence-electron chi connectivity index (χ0n) is 7.40. The van der Waals surface area contributed by atoms with Gasteiger partial charge in [-0.25, -0.2) is 8.42 Å². The molecule has 0 saturated heterocycles. The van der Waals surface area contributed by atoms with Crippen LogP contribution in [0, 0.1) is 0 Å². The van der Waals surface area contributed by atoms with Crippen molar-refractivity contribution in [2.45, 2.75) is 13.0 Å². The van der Waals surface area contributed by atoms with Gasteiger partial charge in [0.15, 0.2) is 0 Å². The summed E-state index contributed by atoms with van der Waals surface area (Å²) in [5.74, 6) is -0.188. The SMILES string of the molecule is C=COCC(C)OCCS(=O)(=O)Cl. The van der Waals surface area contributed by atoms with Gasteiger partial charge in [0.05, 0.1) is 24.7 Å². The molecule has 0 spiro atoms. The molecule has 0 aliphatic heterocycles. The molecule has 0 aliphatic rings. The standard InChI is InChI=1S/C7H13ClO4S/c1-3-11-6-7(2)12-4-5-13(8,9)10/h3,7H,1,4-6H2,2H3. The van der Waals surface area contributed by atoms with Crippen LogP contribution in [0.1, 0.15) is 6.92 Å². The van der Waals surface area contributed by atoms with Gasteiger partial charge in [0, 0.05) is 10.7 Å². The van der Waals surface area contributed by atoms with E-state index in [2.05, 4.69) is 6.58 Å². The second kappa shape index (κ2) is 6.23. The molecule has 0 fully saturated rings. The maximum absolute atomic E-state index is 10.5. The lowest BCUT2D eigenvalue weighted by atomic mass is 10.4. The molecular formula is C7H13ClO4S. The van der Waals surface area contributed by atoms with Crippen LogP contribution in [0.25, 0.3) is 0 Å². The van der Waals surface area contributed by atoms with E-state index in [1.807, 2.05) is 0 Å². The van der Waals surface area contributed by atoms with Gasteiger partial charge in [-0.2, -0.15) is 0 Å². The minimum Gasteiger partial charge on any atom is -0.499 e. The number of rotatable bonds is 7. The van der Waals surface area contributed by atoms with Crippen LogP contribution in [0.5, 0.6) is 0 Å². The number of hydrogen-bond acceptors (Lipinski definition) is 4. The highest BCUT2D eigenvalue weighted by Crippen LogP contribution is 1.98. The third-order valence-corrected chi connectivity index (χ3v) is 2.30. The first-order valence-corrected chi connectivity index (χ1v) is 6.20. The van der Waals surface area contributed by atoms with E-state index in [-0.39, 0.29) is 18.5 Å². The summed E-state index contributed by atoms with van der Waals surface area (Å²) in [5.41, 5.74) is 0. The summed E-state index contributed by atoms with van der Waals surface area (Å²) < 4.78 is 30.8. The van der Waals surface area contributed by atoms with E-state index in [0.717, 1.165) is 0 Å². The van der Waals surface area contributed by atoms with E-state index in [0.29, 0.717) is 6.61 Å². The first-order chi connectivity index (χ1) is 5.95. The van der Waals surface area contributed by atoms with Crippen LogP contribution < -0.4 is 0 Å². The summed E-state index contributed by atoms with van der Waals surface area (Å²) in [7, 11) is 1.51. The summed E-state index contributed by atoms with van der Waals surface area (Å²) in [6, 6.07) is 0. The summed E-state index contributed by atoms with van der Waals surface area (Å²) in [4.78, 5) is 0. The Morgan fingerprint density at radius 2 is 2.23 bits per heavy atom. The van der Waals surface area contributed by atoms with E-state index in [4.69, 9.17) is 20.2 Å². The molecule has 13 heavy (non-hydrogen) atoms. The zero-order chi connectivity index (χ0) is 10.3. The van der Waals surface area contributed by atoms with Crippen molar-refractivity contribution in [2.75, 3.05) is 19.0 Å². The number of ether oxygens (including phenoxy) is 2. The highest BCUT2D eigenvalue weighted by atomic mass is 35.7. The highest BCUT2D eigenvalue weighted by Gasteiger charge is 2.07. The van der Waals surface area contributed by atoms with Gasteiger partial charge in [0.1, 0.15) is 6.61 Å². The number of hydrogen-bond donors (Lipinski definition) is 0. The average Bonchev–Trinajstić information content (AvgIpc) is 1.98. The predicted octanol–water partition coefficient (Wildman–Crippen LogP) is 1.12. The fourth-order valence-corrected chi connectivity index (χ4v) is 1.08. The zero-order valence-corrected chi connectivity index (χ0v) is 8.97. The summed E-state index contributed by atoms with van der Waals surface area (Å²) >= 11 is 0. The monoisotopic (exact) mass is 228 g/mol. The smallest absolute Gasteiger partial charge is 0.234 e. The molecule has 0 N–H and O–H groups in total. The van der Waals surface area contributed by atoms with Crippen LogP contribution in [0.15, 0.2) is 12.8 Å². The fourth-order valence-electron chi connectivity index (χ4n) is 0.600. The van der Waals surface area contributed by atoms with Gasteiger partial charge >= 0.3 is 0 Å². The average molecular weight is 229 g/mol. The Balaban J connectivity index is 3.47. The van der Waals surface area contributed by atoms with Crippen molar-refractivity contribution in [1.82, 2.24) is 0 Å². The van der Waals surface area contributed by atoms with Crippen LogP contribution >= 0.6 is 10.7 Å². The Morgan fingerprint density at radius 1 is 1.62 bits per heavy atom. The van der Waals surface area contributed by atoms with Crippen LogP contribution in [0.2, 0.25) is 0 Å². The van der Waals surface area contributed by atoms with Gasteiger partial charge in [-0.05, 0) is 6.92 Å². The first kappa shape index (κ1) is 12.7. The maximum atomic E-state index is 10.5. The second-order valence-corrected chi connectivity index (χ2v) is 5.32. The van der Waals surface area contributed by atoms with E-state index < -0.39 is 9.05 Å². The van der Waals surface area contributed by atoms with Crippen LogP contribution in [0.3, 0.4) is 0 Å². The van der Waals surface area contributed by atoms with Crippen molar-refractivity contribution in [2.24, 2.45) is 0 Å². The summed E-state index contributed by atoms with van der Waals surface area (Å²) in [5, 5.41) is 0. The first-order valence-electron chi connectivity index (χ1n) is 3.72. The lowest BCUT2D eigenvalue weighted by Crippen LogP contribution is -2.18. The van der Waals surface area contributed by atoms with Gasteiger partial charge < -0.3 is 9.47 Å². The van der Waals surface area contributed by atoms with Gasteiger partial charge in [-0.3, -0.25) is 0 Å². The summed E-state index contributed by atoms with van der Waals surface area (Å²) in [6.45, 7) is 5.56. The Morgan fingerprint density at radius 3 is 2.69 bits per heavy atom. The third kappa shape index (κ3) is 9.66. The molecule has 0 aliphatic carbocycles. The van der Waals surface area contributed by atoms with Crippen LogP contribution in [0.4, 0.5) is 0 Å². The van der Waals surface area contributed by atoms with E-state index in [1.54, 1.807) is 6.92 Å². The van der Waals surface area contributed by atoms with Crippen molar-refractivity contribution >= 4 is 19.7 Å². The van der Waals surface area contributed by atoms with Gasteiger partial charge in [0.25, 0.3) is 0 Å². The predicted molar refractivity (Wildman–Crippen MR) is 51.2 cm³/mol. The lowest BCUT2D eigenvalue weighted by Gasteiger charge is -2.11. The van der Waals surface area contributed by atoms with Crippen molar-refractivity contribution in [3.8, 4) is 0 Å². The molecule has 1 atom stereocenters. The second-order valence-electron chi connectivity index (χ2n) is 2.42. The normalized spacial score (nSPS) is 13.7. The lowest BCUT2D eigenvalue weighted by molar-refractivity contribution is 0.0281. The van der Waals surface area contributed by atoms with Gasteiger partial charge in [-0.1, -0.05) is 6.58 Å². The van der Waals surface area contributed by atoms with Crippen molar-refractivity contribution in [3.05, 3.63) is 12.8 Å². The summed E-state index contributed by atoms with van der Waals surface area (Å²) in [6.07, 6.45) is 1.13. The molecule has 0 heterocycles. The Kier molecular flexibility index (Phi) is 6.11. The van der Waals surface area contributed by atoms with Crippen LogP contribution in [-0.4, -0.2) is 33.5 Å². The molecule has 6 heteroatoms. The molecule has 0 aromatic carbocycles. The molecule has 0 aromatic heterocycles. The molecule has 0 radical (unpaired) electrons. The van der Waals surface area contributed by atoms with E-state index in [9.17, 15) is 8.42 Å². The van der Waals surface area contributed by atoms with Crippen molar-refractivity contribution in [3.63, 3.8) is 0 Å². The molecule has 78 valence electrons. The molecule has 0 rings (SSSR count). The Labute approximate surface area is 82.9 Å². The van der Waals surface area contributed by atoms with Crippen molar-refractivity contribution < 1.29 is 17.9 Å². The number of halogens is 1. The van der Waals surface area contributed by atoms with E-state index >= 15 is 0 Å². The molecule has 4 nitrogen and oxygen atoms in total. The van der Waals surface area contributed by atoms with Crippen molar-refractivity contribution in [1.29, 1.82) is 0 Å². The van der Waals surface area contributed by atoms with Gasteiger partial charge in [-0.15, -0.1) is 0 Å². The topological polar surface area (TPSA) is 52.6 Å². The quantitative estimate of drug-likeness (QED) is 0.484. The molecule has 0 aromatic rings. The van der Waals surface area contributed by atoms with Gasteiger partial charge in [0.2, 0.25) is 9.05 Å². The maximum Gasteiger partial charge on any atom is 0.234 e. The Hall–Kier alpha value is -0.260. The Bertz CT molecular complexity index is 237. The largest absolute Gasteiger partial charge is 0.499 e. The highest BCUT2D eigenvalue weighted by molar-refractivity contribution is 8.13. The third-order valence-electron chi connectivity index (χ3n) is 1.18. The minimum absolute atomic E-state index is 0.0769. The molecule has 1 unspecified atom stereocenters. The van der Waals surface area contributed by atoms with E-state index in [1.165, 1.54) is 6.26 Å². The van der Waals surface area contributed by atoms with Crippen LogP contribution in [-0.2, 0) is 18.5 Å². The molecule has 0 saturated carbocycles. The molecule has 0 amide bonds. The molecule has 0 bridgehead atoms.